The monoisotopic (exact) mass is 609 g/mol. The third-order valence-corrected chi connectivity index (χ3v) is 0.328. The molecule has 0 aliphatic carbocycles. The molecule has 0 aromatic carbocycles. The molecule has 13 heteroatoms. The number of alkyl halides is 1. The largest absolute Gasteiger partial charge is 1.00 e. The standard InChI is InChI=1S/C3H8O.C2H5Br.C2H6O.C2H4O.CH2O3.CH4O.4CH4.B.BrH.2K.Na.2H/c1-3-4-2;3*1-2-3;2-1-4-3;1-2;;;;;;;;;;;/h3H2,1-2H3;2H2,1H3;3H,2H2,1H3;2H,1H3;1,3H;2H,1H3;4*1H4;;1H;;;;;/q;;;;;;;;;;;;3*+1;2*-1/p-1. The molecule has 3 radical (unpaired) electrons. The van der Waals surface area contributed by atoms with Crippen molar-refractivity contribution < 1.29 is 170 Å². The van der Waals surface area contributed by atoms with E-state index in [4.69, 9.17) is 25.1 Å². The van der Waals surface area contributed by atoms with Crippen LogP contribution in [0.3, 0.4) is 0 Å². The number of hydrogen-bond donors (Lipinski definition) is 2. The molecule has 0 spiro atoms. The van der Waals surface area contributed by atoms with Crippen LogP contribution in [0.15, 0.2) is 0 Å². The maximum atomic E-state index is 8.81. The zero-order valence-electron chi connectivity index (χ0n) is 18.6. The van der Waals surface area contributed by atoms with Gasteiger partial charge in [0.05, 0.1) is 0 Å². The van der Waals surface area contributed by atoms with Gasteiger partial charge in [-0.15, -0.1) is 17.0 Å². The van der Waals surface area contributed by atoms with Crippen LogP contribution >= 0.6 is 32.9 Å². The number of ether oxygens (including phenoxy) is 1. The molecule has 0 saturated carbocycles. The van der Waals surface area contributed by atoms with Crippen LogP contribution in [0.1, 0.15) is 60.3 Å². The van der Waals surface area contributed by atoms with Gasteiger partial charge < -0.3 is 32.7 Å². The average Bonchev–Trinajstić information content (AvgIpc) is 2.43. The zero-order chi connectivity index (χ0) is 16.9. The van der Waals surface area contributed by atoms with Gasteiger partial charge in [-0.05, 0) is 20.8 Å². The summed E-state index contributed by atoms with van der Waals surface area (Å²) < 4.78 is 4.54. The Morgan fingerprint density at radius 1 is 1.04 bits per heavy atom. The summed E-state index contributed by atoms with van der Waals surface area (Å²) in [6.07, 6.45) is 0.750. The molecule has 2 N–H and O–H groups in total. The van der Waals surface area contributed by atoms with Crippen molar-refractivity contribution in [3.63, 3.8) is 0 Å². The number of aldehydes is 1. The van der Waals surface area contributed by atoms with Crippen LogP contribution in [-0.4, -0.2) is 64.1 Å². The number of hydrogen-bond acceptors (Lipinski definition) is 7. The fourth-order valence-corrected chi connectivity index (χ4v) is 0. The minimum atomic E-state index is -0.181. The molecule has 0 bridgehead atoms. The molecule has 0 atom stereocenters. The van der Waals surface area contributed by atoms with Crippen molar-refractivity contribution in [2.24, 2.45) is 0 Å². The van der Waals surface area contributed by atoms with Crippen molar-refractivity contribution in [3.8, 4) is 0 Å². The van der Waals surface area contributed by atoms with Crippen LogP contribution in [0.5, 0.6) is 0 Å². The van der Waals surface area contributed by atoms with Crippen LogP contribution in [-0.2, 0) is 19.2 Å². The maximum Gasteiger partial charge on any atom is 1.00 e. The molecule has 0 aliphatic rings. The van der Waals surface area contributed by atoms with E-state index in [-0.39, 0.29) is 203 Å². The van der Waals surface area contributed by atoms with Gasteiger partial charge in [-0.25, -0.2) is 0 Å². The first-order valence-electron chi connectivity index (χ1n) is 5.30. The molecular formula is C15H47BBr2K2NaO7. The first-order chi connectivity index (χ1) is 9.07. The number of methoxy groups -OCH3 is 1. The fourth-order valence-electron chi connectivity index (χ4n) is 0. The van der Waals surface area contributed by atoms with Gasteiger partial charge in [0.25, 0.3) is 6.47 Å². The number of aliphatic hydroxyl groups excluding tert-OH is 2. The van der Waals surface area contributed by atoms with E-state index in [0.717, 1.165) is 25.3 Å². The van der Waals surface area contributed by atoms with Crippen molar-refractivity contribution in [1.29, 1.82) is 0 Å². The van der Waals surface area contributed by atoms with Crippen LogP contribution in [0.4, 0.5) is 0 Å². The van der Waals surface area contributed by atoms with Gasteiger partial charge in [0.1, 0.15) is 6.29 Å². The maximum absolute atomic E-state index is 8.81. The molecule has 0 fully saturated rings. The Balaban J connectivity index is -0.00000000424. The summed E-state index contributed by atoms with van der Waals surface area (Å²) in [6.45, 7) is 8.01. The number of carbonyl (C=O) groups is 2. The summed E-state index contributed by atoms with van der Waals surface area (Å²) in [5.41, 5.74) is 0. The van der Waals surface area contributed by atoms with Crippen LogP contribution in [0.2, 0.25) is 0 Å². The number of rotatable bonds is 2. The van der Waals surface area contributed by atoms with E-state index in [1.54, 1.807) is 14.0 Å². The Labute approximate surface area is 308 Å². The van der Waals surface area contributed by atoms with Crippen LogP contribution in [0.25, 0.3) is 0 Å². The summed E-state index contributed by atoms with van der Waals surface area (Å²) in [5.74, 6) is 0. The third kappa shape index (κ3) is 659. The summed E-state index contributed by atoms with van der Waals surface area (Å²) >= 11 is 3.15. The van der Waals surface area contributed by atoms with Gasteiger partial charge in [0, 0.05) is 41.2 Å². The van der Waals surface area contributed by atoms with Crippen LogP contribution < -0.4 is 138 Å². The molecule has 0 heterocycles. The summed E-state index contributed by atoms with van der Waals surface area (Å²) in [6, 6.07) is 0. The quantitative estimate of drug-likeness (QED) is 0.105. The normalized spacial score (nSPS) is 3.79. The average molecular weight is 611 g/mol. The summed E-state index contributed by atoms with van der Waals surface area (Å²) in [5, 5.41) is 24.1. The van der Waals surface area contributed by atoms with E-state index >= 15 is 0 Å². The van der Waals surface area contributed by atoms with E-state index in [1.165, 1.54) is 6.92 Å². The minimum Gasteiger partial charge on any atom is -1.00 e. The van der Waals surface area contributed by atoms with Gasteiger partial charge in [0.15, 0.2) is 0 Å². The molecule has 0 aromatic rings. The molecule has 0 aliphatic heterocycles. The summed E-state index contributed by atoms with van der Waals surface area (Å²) in [7, 11) is 2.68. The Morgan fingerprint density at radius 3 is 1.11 bits per heavy atom. The van der Waals surface area contributed by atoms with Crippen molar-refractivity contribution in [1.82, 2.24) is 0 Å². The van der Waals surface area contributed by atoms with E-state index < -0.39 is 0 Å². The Kier molecular flexibility index (Phi) is 852. The van der Waals surface area contributed by atoms with Gasteiger partial charge in [-0.2, -0.15) is 0 Å². The minimum absolute atomic E-state index is 0. The first kappa shape index (κ1) is 106. The number of halogens is 2. The van der Waals surface area contributed by atoms with Gasteiger partial charge >= 0.3 is 132 Å². The van der Waals surface area contributed by atoms with Crippen molar-refractivity contribution in [3.05, 3.63) is 0 Å². The molecule has 28 heavy (non-hydrogen) atoms. The molecule has 7 nitrogen and oxygen atoms in total. The van der Waals surface area contributed by atoms with E-state index in [9.17, 15) is 0 Å². The zero-order valence-corrected chi connectivity index (χ0v) is 28.1. The third-order valence-electron chi connectivity index (χ3n) is 0.328. The predicted molar refractivity (Wildman–Crippen MR) is 122 cm³/mol. The van der Waals surface area contributed by atoms with Crippen LogP contribution in [0, 0.1) is 0 Å². The molecule has 0 aromatic heterocycles. The van der Waals surface area contributed by atoms with Gasteiger partial charge in [-0.1, -0.05) is 52.6 Å². The molecular weight excluding hydrogens is 564 g/mol. The Hall–Kier alpha value is 4.28. The fraction of sp³-hybridized carbons (Fsp3) is 0.867. The SMILES string of the molecule is Br.C.C.C.C.CC=O.CCBr.CCO.CCOC.CO.O=CO[O-].[B].[H-].[H-].[K+].[K+].[Na+]. The Morgan fingerprint density at radius 2 is 1.11 bits per heavy atom. The molecule has 0 unspecified atom stereocenters. The molecule has 0 saturated heterocycles. The summed E-state index contributed by atoms with van der Waals surface area (Å²) in [4.78, 5) is 20.1. The predicted octanol–water partition coefficient (Wildman–Crippen LogP) is -5.72. The topological polar surface area (TPSA) is 116 Å². The van der Waals surface area contributed by atoms with E-state index in [1.807, 2.05) is 13.8 Å². The second-order valence-corrected chi connectivity index (χ2v) is 2.71. The smallest absolute Gasteiger partial charge is 1.00 e. The van der Waals surface area contributed by atoms with Crippen molar-refractivity contribution in [2.45, 2.75) is 57.4 Å². The van der Waals surface area contributed by atoms with Gasteiger partial charge in [0.2, 0.25) is 0 Å². The van der Waals surface area contributed by atoms with Crippen molar-refractivity contribution in [2.75, 3.05) is 32.8 Å². The molecule has 0 rings (SSSR count). The molecule has 169 valence electrons. The number of carbonyl (C=O) groups excluding carboxylic acids is 2. The Bertz CT molecular complexity index is 131. The number of aliphatic hydroxyl groups is 2. The first-order valence-corrected chi connectivity index (χ1v) is 6.42. The second-order valence-electron chi connectivity index (χ2n) is 1.59. The second kappa shape index (κ2) is 225. The molecule has 0 amide bonds. The van der Waals surface area contributed by atoms with E-state index in [0.29, 0.717) is 0 Å². The van der Waals surface area contributed by atoms with Crippen molar-refractivity contribution >= 4 is 54.1 Å². The van der Waals surface area contributed by atoms with Gasteiger partial charge in [-0.3, -0.25) is 4.79 Å². The van der Waals surface area contributed by atoms with E-state index in [2.05, 4.69) is 25.6 Å².